The van der Waals surface area contributed by atoms with E-state index in [9.17, 15) is 18.0 Å². The van der Waals surface area contributed by atoms with Gasteiger partial charge in [0.1, 0.15) is 0 Å². The molecule has 0 spiro atoms. The van der Waals surface area contributed by atoms with Crippen molar-refractivity contribution in [3.63, 3.8) is 0 Å². The third-order valence-electron chi connectivity index (χ3n) is 4.14. The predicted octanol–water partition coefficient (Wildman–Crippen LogP) is 4.99. The van der Waals surface area contributed by atoms with Crippen LogP contribution in [0.1, 0.15) is 18.2 Å². The Morgan fingerprint density at radius 1 is 1.17 bits per heavy atom. The quantitative estimate of drug-likeness (QED) is 0.628. The average molecular weight is 424 g/mol. The van der Waals surface area contributed by atoms with Gasteiger partial charge in [-0.25, -0.2) is 9.48 Å². The molecule has 0 bridgehead atoms. The Balaban J connectivity index is 1.88. The van der Waals surface area contributed by atoms with Crippen molar-refractivity contribution < 1.29 is 18.0 Å². The van der Waals surface area contributed by atoms with E-state index in [1.165, 1.54) is 29.2 Å². The Bertz CT molecular complexity index is 974. The Hall–Kier alpha value is -3.07. The van der Waals surface area contributed by atoms with Crippen molar-refractivity contribution in [1.29, 1.82) is 0 Å². The number of rotatable bonds is 5. The van der Waals surface area contributed by atoms with E-state index in [2.05, 4.69) is 15.4 Å². The van der Waals surface area contributed by atoms with E-state index in [4.69, 9.17) is 11.6 Å². The maximum atomic E-state index is 13.7. The highest BCUT2D eigenvalue weighted by Gasteiger charge is 2.39. The van der Waals surface area contributed by atoms with Crippen molar-refractivity contribution in [2.45, 2.75) is 19.6 Å². The summed E-state index contributed by atoms with van der Waals surface area (Å²) in [4.78, 5) is 17.9. The number of nitrogens with one attached hydrogen (secondary N) is 1. The SMILES string of the molecule is CCN(Cc1ccncc1)C(=O)Nc1cnn(-c2ccc(Cl)cc2)c1C(F)(F)F. The molecule has 0 saturated heterocycles. The average Bonchev–Trinajstić information content (AvgIpc) is 3.11. The molecule has 0 aliphatic carbocycles. The number of hydrogen-bond acceptors (Lipinski definition) is 3. The number of carbonyl (C=O) groups is 1. The zero-order valence-electron chi connectivity index (χ0n) is 15.3. The highest BCUT2D eigenvalue weighted by Crippen LogP contribution is 2.36. The number of nitrogens with zero attached hydrogens (tertiary/aromatic N) is 4. The molecule has 29 heavy (non-hydrogen) atoms. The molecule has 0 saturated carbocycles. The molecule has 0 unspecified atom stereocenters. The van der Waals surface area contributed by atoms with E-state index in [0.717, 1.165) is 16.4 Å². The van der Waals surface area contributed by atoms with E-state index in [1.807, 2.05) is 0 Å². The Morgan fingerprint density at radius 2 is 1.83 bits per heavy atom. The summed E-state index contributed by atoms with van der Waals surface area (Å²) >= 11 is 5.80. The third-order valence-corrected chi connectivity index (χ3v) is 4.39. The van der Waals surface area contributed by atoms with Gasteiger partial charge in [-0.05, 0) is 48.9 Å². The van der Waals surface area contributed by atoms with Crippen LogP contribution in [-0.4, -0.2) is 32.2 Å². The first kappa shape index (κ1) is 20.7. The van der Waals surface area contributed by atoms with Crippen molar-refractivity contribution in [2.75, 3.05) is 11.9 Å². The van der Waals surface area contributed by atoms with Crippen LogP contribution in [0.25, 0.3) is 5.69 Å². The number of aromatic nitrogens is 3. The van der Waals surface area contributed by atoms with Crippen molar-refractivity contribution in [3.8, 4) is 5.69 Å². The fourth-order valence-electron chi connectivity index (χ4n) is 2.72. The highest BCUT2D eigenvalue weighted by atomic mass is 35.5. The molecule has 3 rings (SSSR count). The first-order chi connectivity index (χ1) is 13.8. The van der Waals surface area contributed by atoms with Gasteiger partial charge in [0.05, 0.1) is 17.6 Å². The first-order valence-electron chi connectivity index (χ1n) is 8.65. The lowest BCUT2D eigenvalue weighted by atomic mass is 10.2. The molecule has 10 heteroatoms. The molecule has 2 aromatic heterocycles. The molecule has 2 amide bonds. The van der Waals surface area contributed by atoms with Crippen molar-refractivity contribution in [2.24, 2.45) is 0 Å². The molecule has 3 aromatic rings. The van der Waals surface area contributed by atoms with Gasteiger partial charge in [0.25, 0.3) is 0 Å². The van der Waals surface area contributed by atoms with Crippen LogP contribution in [0.4, 0.5) is 23.7 Å². The standard InChI is InChI=1S/C19H17ClF3N5O/c1-2-27(12-13-7-9-24-10-8-13)18(29)26-16-11-25-28(17(16)19(21,22)23)15-5-3-14(20)4-6-15/h3-11H,2,12H2,1H3,(H,26,29). The number of amides is 2. The molecule has 1 aromatic carbocycles. The lowest BCUT2D eigenvalue weighted by molar-refractivity contribution is -0.142. The van der Waals surface area contributed by atoms with E-state index in [0.29, 0.717) is 11.6 Å². The molecule has 0 fully saturated rings. The van der Waals surface area contributed by atoms with Gasteiger partial charge in [-0.1, -0.05) is 11.6 Å². The fourth-order valence-corrected chi connectivity index (χ4v) is 2.85. The summed E-state index contributed by atoms with van der Waals surface area (Å²) in [5, 5.41) is 6.54. The van der Waals surface area contributed by atoms with E-state index in [-0.39, 0.29) is 12.2 Å². The summed E-state index contributed by atoms with van der Waals surface area (Å²) < 4.78 is 41.9. The second kappa shape index (κ2) is 8.52. The Morgan fingerprint density at radius 3 is 2.41 bits per heavy atom. The summed E-state index contributed by atoms with van der Waals surface area (Å²) in [5.41, 5.74) is -0.518. The van der Waals surface area contributed by atoms with Gasteiger partial charge in [-0.2, -0.15) is 18.3 Å². The predicted molar refractivity (Wildman–Crippen MR) is 103 cm³/mol. The smallest absolute Gasteiger partial charge is 0.320 e. The first-order valence-corrected chi connectivity index (χ1v) is 9.03. The minimum Gasteiger partial charge on any atom is -0.320 e. The van der Waals surface area contributed by atoms with Gasteiger partial charge in [0, 0.05) is 30.5 Å². The van der Waals surface area contributed by atoms with Crippen LogP contribution < -0.4 is 5.32 Å². The van der Waals surface area contributed by atoms with Gasteiger partial charge < -0.3 is 10.2 Å². The molecule has 2 heterocycles. The molecule has 0 aliphatic rings. The molecular formula is C19H17ClF3N5O. The molecule has 0 atom stereocenters. The largest absolute Gasteiger partial charge is 0.435 e. The summed E-state index contributed by atoms with van der Waals surface area (Å²) in [6.07, 6.45) is -0.589. The minimum absolute atomic E-state index is 0.173. The van der Waals surface area contributed by atoms with Crippen LogP contribution in [-0.2, 0) is 12.7 Å². The monoisotopic (exact) mass is 423 g/mol. The van der Waals surface area contributed by atoms with Gasteiger partial charge in [0.2, 0.25) is 0 Å². The summed E-state index contributed by atoms with van der Waals surface area (Å²) in [7, 11) is 0. The molecule has 1 N–H and O–H groups in total. The van der Waals surface area contributed by atoms with Crippen LogP contribution in [0.15, 0.2) is 55.0 Å². The van der Waals surface area contributed by atoms with Crippen LogP contribution >= 0.6 is 11.6 Å². The fraction of sp³-hybridized carbons (Fsp3) is 0.211. The Labute approximate surface area is 169 Å². The van der Waals surface area contributed by atoms with Crippen molar-refractivity contribution in [1.82, 2.24) is 19.7 Å². The number of alkyl halides is 3. The number of halogens is 4. The maximum Gasteiger partial charge on any atom is 0.435 e. The molecule has 152 valence electrons. The summed E-state index contributed by atoms with van der Waals surface area (Å²) in [6.45, 7) is 2.28. The lowest BCUT2D eigenvalue weighted by Gasteiger charge is -2.22. The Kier molecular flexibility index (Phi) is 6.07. The summed E-state index contributed by atoms with van der Waals surface area (Å²) in [5.74, 6) is 0. The molecular weight excluding hydrogens is 407 g/mol. The van der Waals surface area contributed by atoms with Crippen LogP contribution in [0.2, 0.25) is 5.02 Å². The molecule has 0 radical (unpaired) electrons. The van der Waals surface area contributed by atoms with E-state index in [1.54, 1.807) is 31.5 Å². The van der Waals surface area contributed by atoms with Crippen molar-refractivity contribution >= 4 is 23.3 Å². The second-order valence-corrected chi connectivity index (χ2v) is 6.53. The molecule has 0 aliphatic heterocycles. The van der Waals surface area contributed by atoms with Crippen molar-refractivity contribution in [3.05, 3.63) is 71.3 Å². The summed E-state index contributed by atoms with van der Waals surface area (Å²) in [6, 6.07) is 8.56. The van der Waals surface area contributed by atoms with E-state index >= 15 is 0 Å². The third kappa shape index (κ3) is 4.86. The maximum absolute atomic E-state index is 13.7. The number of urea groups is 1. The normalized spacial score (nSPS) is 11.3. The highest BCUT2D eigenvalue weighted by molar-refractivity contribution is 6.30. The van der Waals surface area contributed by atoms with Crippen LogP contribution in [0.5, 0.6) is 0 Å². The number of hydrogen-bond donors (Lipinski definition) is 1. The molecule has 6 nitrogen and oxygen atoms in total. The van der Waals surface area contributed by atoms with Gasteiger partial charge in [0.15, 0.2) is 5.69 Å². The number of anilines is 1. The zero-order valence-corrected chi connectivity index (χ0v) is 16.1. The van der Waals surface area contributed by atoms with Crippen LogP contribution in [0.3, 0.4) is 0 Å². The van der Waals surface area contributed by atoms with Crippen LogP contribution in [0, 0.1) is 0 Å². The second-order valence-electron chi connectivity index (χ2n) is 6.09. The van der Waals surface area contributed by atoms with E-state index < -0.39 is 23.6 Å². The number of carbonyl (C=O) groups excluding carboxylic acids is 1. The minimum atomic E-state index is -4.74. The van der Waals surface area contributed by atoms with Gasteiger partial charge >= 0.3 is 12.2 Å². The van der Waals surface area contributed by atoms with Gasteiger partial charge in [-0.15, -0.1) is 0 Å². The number of pyridine rings is 1. The van der Waals surface area contributed by atoms with Gasteiger partial charge in [-0.3, -0.25) is 4.98 Å². The zero-order chi connectivity index (χ0) is 21.0. The topological polar surface area (TPSA) is 63.1 Å². The lowest BCUT2D eigenvalue weighted by Crippen LogP contribution is -2.34. The number of benzene rings is 1.